The fraction of sp³-hybridized carbons (Fsp3) is 0.0526. The van der Waals surface area contributed by atoms with E-state index in [0.717, 1.165) is 0 Å². The summed E-state index contributed by atoms with van der Waals surface area (Å²) in [5, 5.41) is 14.3. The third-order valence-corrected chi connectivity index (χ3v) is 5.01. The van der Waals surface area contributed by atoms with E-state index in [1.54, 1.807) is 17.6 Å². The second-order valence-corrected chi connectivity index (χ2v) is 7.24. The van der Waals surface area contributed by atoms with Gasteiger partial charge in [0.1, 0.15) is 16.6 Å². The van der Waals surface area contributed by atoms with Crippen LogP contribution in [0.4, 0.5) is 14.5 Å². The van der Waals surface area contributed by atoms with Crippen LogP contribution in [0.3, 0.4) is 0 Å². The molecule has 0 unspecified atom stereocenters. The van der Waals surface area contributed by atoms with E-state index in [0.29, 0.717) is 38.7 Å². The number of rotatable bonds is 6. The molecule has 2 heterocycles. The highest BCUT2D eigenvalue weighted by Crippen LogP contribution is 2.26. The predicted molar refractivity (Wildman–Crippen MR) is 106 cm³/mol. The number of nitrogens with zero attached hydrogens (tertiary/aromatic N) is 3. The molecule has 0 aliphatic rings. The van der Waals surface area contributed by atoms with Gasteiger partial charge in [-0.05, 0) is 42.5 Å². The van der Waals surface area contributed by atoms with Crippen molar-refractivity contribution in [3.8, 4) is 16.8 Å². The van der Waals surface area contributed by atoms with E-state index in [9.17, 15) is 18.8 Å². The Morgan fingerprint density at radius 3 is 2.68 bits per heavy atom. The molecule has 5 nitrogen and oxygen atoms in total. The Morgan fingerprint density at radius 2 is 2.04 bits per heavy atom. The van der Waals surface area contributed by atoms with Crippen LogP contribution in [0.5, 0.6) is 0 Å². The van der Waals surface area contributed by atoms with E-state index in [-0.39, 0.29) is 5.57 Å². The van der Waals surface area contributed by atoms with Gasteiger partial charge in [-0.1, -0.05) is 17.8 Å². The number of halogens is 2. The molecule has 0 saturated heterocycles. The SMILES string of the molecule is N#CC(=Cc1csc(-c2ccccn2)n1)C(=O)Nc1ccc(SC(F)F)cc1. The standard InChI is InChI=1S/C19H12F2N4OS2/c20-19(21)28-15-6-4-13(5-7-15)24-17(26)12(10-22)9-14-11-27-18(25-14)16-3-1-2-8-23-16/h1-9,11,19H,(H,24,26). The van der Waals surface area contributed by atoms with Crippen LogP contribution in [0.2, 0.25) is 0 Å². The van der Waals surface area contributed by atoms with Gasteiger partial charge in [0.2, 0.25) is 0 Å². The first-order chi connectivity index (χ1) is 13.5. The van der Waals surface area contributed by atoms with Crippen LogP contribution in [0.15, 0.2) is 64.5 Å². The Balaban J connectivity index is 1.71. The Kier molecular flexibility index (Phi) is 6.47. The smallest absolute Gasteiger partial charge is 0.288 e. The first kappa shape index (κ1) is 19.7. The number of benzene rings is 1. The zero-order valence-electron chi connectivity index (χ0n) is 14.2. The van der Waals surface area contributed by atoms with Gasteiger partial charge in [0, 0.05) is 22.2 Å². The Morgan fingerprint density at radius 1 is 1.25 bits per heavy atom. The summed E-state index contributed by atoms with van der Waals surface area (Å²) in [6.07, 6.45) is 3.05. The summed E-state index contributed by atoms with van der Waals surface area (Å²) in [5.41, 5.74) is 1.46. The van der Waals surface area contributed by atoms with Crippen LogP contribution in [0.1, 0.15) is 5.69 Å². The highest BCUT2D eigenvalue weighted by atomic mass is 32.2. The Labute approximate surface area is 167 Å². The molecule has 0 bridgehead atoms. The maximum absolute atomic E-state index is 12.3. The van der Waals surface area contributed by atoms with Crippen molar-refractivity contribution < 1.29 is 13.6 Å². The number of thioether (sulfide) groups is 1. The van der Waals surface area contributed by atoms with Crippen LogP contribution in [0, 0.1) is 11.3 Å². The van der Waals surface area contributed by atoms with Crippen molar-refractivity contribution in [3.05, 3.63) is 65.3 Å². The summed E-state index contributed by atoms with van der Waals surface area (Å²) in [6.45, 7) is 0. The third-order valence-electron chi connectivity index (χ3n) is 3.40. The number of nitrogens with one attached hydrogen (secondary N) is 1. The lowest BCUT2D eigenvalue weighted by molar-refractivity contribution is -0.112. The molecule has 3 rings (SSSR count). The molecule has 2 aromatic heterocycles. The zero-order chi connectivity index (χ0) is 19.9. The van der Waals surface area contributed by atoms with Crippen molar-refractivity contribution in [2.75, 3.05) is 5.32 Å². The number of nitriles is 1. The number of alkyl halides is 2. The van der Waals surface area contributed by atoms with Crippen molar-refractivity contribution in [3.63, 3.8) is 0 Å². The molecule has 0 spiro atoms. The summed E-state index contributed by atoms with van der Waals surface area (Å²) in [4.78, 5) is 21.3. The summed E-state index contributed by atoms with van der Waals surface area (Å²) in [6, 6.07) is 13.3. The number of carbonyl (C=O) groups is 1. The van der Waals surface area contributed by atoms with Gasteiger partial charge in [-0.2, -0.15) is 14.0 Å². The monoisotopic (exact) mass is 414 g/mol. The van der Waals surface area contributed by atoms with Crippen molar-refractivity contribution in [2.45, 2.75) is 10.7 Å². The van der Waals surface area contributed by atoms with E-state index in [4.69, 9.17) is 0 Å². The van der Waals surface area contributed by atoms with Crippen LogP contribution in [-0.4, -0.2) is 21.6 Å². The summed E-state index contributed by atoms with van der Waals surface area (Å²) in [5.74, 6) is -3.12. The lowest BCUT2D eigenvalue weighted by Gasteiger charge is -2.05. The molecule has 1 aromatic carbocycles. The van der Waals surface area contributed by atoms with Gasteiger partial charge in [-0.25, -0.2) is 4.98 Å². The summed E-state index contributed by atoms with van der Waals surface area (Å²) >= 11 is 1.77. The maximum atomic E-state index is 12.3. The van der Waals surface area contributed by atoms with Gasteiger partial charge in [0.15, 0.2) is 0 Å². The van der Waals surface area contributed by atoms with Gasteiger partial charge in [0.05, 0.1) is 11.4 Å². The molecular weight excluding hydrogens is 402 g/mol. The van der Waals surface area contributed by atoms with Gasteiger partial charge < -0.3 is 5.32 Å². The number of anilines is 1. The molecule has 28 heavy (non-hydrogen) atoms. The molecule has 9 heteroatoms. The zero-order valence-corrected chi connectivity index (χ0v) is 15.8. The molecule has 0 radical (unpaired) electrons. The minimum Gasteiger partial charge on any atom is -0.321 e. The van der Waals surface area contributed by atoms with E-state index in [1.807, 2.05) is 18.2 Å². The highest BCUT2D eigenvalue weighted by Gasteiger charge is 2.12. The molecule has 1 N–H and O–H groups in total. The van der Waals surface area contributed by atoms with Crippen LogP contribution in [0.25, 0.3) is 16.8 Å². The number of thiazole rings is 1. The van der Waals surface area contributed by atoms with E-state index < -0.39 is 11.7 Å². The highest BCUT2D eigenvalue weighted by molar-refractivity contribution is 7.99. The second-order valence-electron chi connectivity index (χ2n) is 5.32. The minimum absolute atomic E-state index is 0.121. The van der Waals surface area contributed by atoms with Crippen molar-refractivity contribution in [2.24, 2.45) is 0 Å². The molecule has 140 valence electrons. The Bertz CT molecular complexity index is 1030. The molecular formula is C19H12F2N4OS2. The van der Waals surface area contributed by atoms with Crippen LogP contribution in [-0.2, 0) is 4.79 Å². The minimum atomic E-state index is -2.51. The van der Waals surface area contributed by atoms with E-state index in [1.165, 1.54) is 41.7 Å². The normalized spacial score (nSPS) is 11.3. The van der Waals surface area contributed by atoms with Gasteiger partial charge in [0.25, 0.3) is 11.7 Å². The van der Waals surface area contributed by atoms with Gasteiger partial charge in [-0.3, -0.25) is 9.78 Å². The van der Waals surface area contributed by atoms with Crippen molar-refractivity contribution in [1.82, 2.24) is 9.97 Å². The molecule has 0 aliphatic carbocycles. The quantitative estimate of drug-likeness (QED) is 0.346. The van der Waals surface area contributed by atoms with Crippen LogP contribution < -0.4 is 5.32 Å². The average molecular weight is 414 g/mol. The number of amides is 1. The fourth-order valence-corrected chi connectivity index (χ4v) is 3.43. The van der Waals surface area contributed by atoms with E-state index >= 15 is 0 Å². The molecule has 3 aromatic rings. The average Bonchev–Trinajstić information content (AvgIpc) is 3.16. The molecule has 0 aliphatic heterocycles. The number of hydrogen-bond donors (Lipinski definition) is 1. The number of hydrogen-bond acceptors (Lipinski definition) is 6. The number of carbonyl (C=O) groups excluding carboxylic acids is 1. The van der Waals surface area contributed by atoms with Crippen molar-refractivity contribution >= 4 is 40.8 Å². The number of aromatic nitrogens is 2. The van der Waals surface area contributed by atoms with Gasteiger partial charge in [-0.15, -0.1) is 11.3 Å². The lowest BCUT2D eigenvalue weighted by Crippen LogP contribution is -2.13. The molecule has 0 saturated carbocycles. The molecule has 1 amide bonds. The fourth-order valence-electron chi connectivity index (χ4n) is 2.17. The maximum Gasteiger partial charge on any atom is 0.288 e. The second kappa shape index (κ2) is 9.21. The largest absolute Gasteiger partial charge is 0.321 e. The first-order valence-corrected chi connectivity index (χ1v) is 9.66. The lowest BCUT2D eigenvalue weighted by atomic mass is 10.2. The first-order valence-electron chi connectivity index (χ1n) is 7.90. The molecule has 0 fully saturated rings. The summed E-state index contributed by atoms with van der Waals surface area (Å²) < 4.78 is 24.7. The Hall–Kier alpha value is -3.09. The predicted octanol–water partition coefficient (Wildman–Crippen LogP) is 5.07. The van der Waals surface area contributed by atoms with Crippen LogP contribution >= 0.6 is 23.1 Å². The molecule has 0 atom stereocenters. The van der Waals surface area contributed by atoms with Gasteiger partial charge >= 0.3 is 0 Å². The number of pyridine rings is 1. The summed E-state index contributed by atoms with van der Waals surface area (Å²) in [7, 11) is 0. The third kappa shape index (κ3) is 5.22. The van der Waals surface area contributed by atoms with Crippen molar-refractivity contribution in [1.29, 1.82) is 5.26 Å². The topological polar surface area (TPSA) is 78.7 Å². The van der Waals surface area contributed by atoms with E-state index in [2.05, 4.69) is 15.3 Å².